The fourth-order valence-corrected chi connectivity index (χ4v) is 2.26. The van der Waals surface area contributed by atoms with Gasteiger partial charge < -0.3 is 9.15 Å². The van der Waals surface area contributed by atoms with E-state index in [1.54, 1.807) is 6.26 Å². The molecule has 15 heavy (non-hydrogen) atoms. The van der Waals surface area contributed by atoms with Crippen LogP contribution in [-0.4, -0.2) is 18.8 Å². The normalized spacial score (nSPS) is 28.1. The minimum Gasteiger partial charge on any atom is -0.469 e. The van der Waals surface area contributed by atoms with E-state index in [4.69, 9.17) is 15.0 Å². The first kappa shape index (κ1) is 10.7. The summed E-state index contributed by atoms with van der Waals surface area (Å²) in [5, 5.41) is 0. The lowest BCUT2D eigenvalue weighted by molar-refractivity contribution is 0.0947. The molecule has 1 aliphatic heterocycles. The molecule has 1 fully saturated rings. The molecule has 3 N–H and O–H groups in total. The van der Waals surface area contributed by atoms with Crippen molar-refractivity contribution in [3.8, 4) is 0 Å². The van der Waals surface area contributed by atoms with E-state index in [-0.39, 0.29) is 12.1 Å². The Hall–Kier alpha value is -0.840. The van der Waals surface area contributed by atoms with Crippen molar-refractivity contribution >= 4 is 0 Å². The Morgan fingerprint density at radius 1 is 1.67 bits per heavy atom. The highest BCUT2D eigenvalue weighted by molar-refractivity contribution is 5.02. The molecule has 3 unspecified atom stereocenters. The van der Waals surface area contributed by atoms with Crippen molar-refractivity contribution in [2.24, 2.45) is 11.8 Å². The topological polar surface area (TPSA) is 60.4 Å². The molecule has 0 spiro atoms. The summed E-state index contributed by atoms with van der Waals surface area (Å²) in [4.78, 5) is 0. The van der Waals surface area contributed by atoms with Gasteiger partial charge in [0.15, 0.2) is 0 Å². The molecule has 0 aliphatic carbocycles. The lowest BCUT2D eigenvalue weighted by atomic mass is 9.91. The molecule has 0 radical (unpaired) electrons. The lowest BCUT2D eigenvalue weighted by Gasteiger charge is -2.24. The van der Waals surface area contributed by atoms with Gasteiger partial charge in [-0.25, -0.2) is 0 Å². The third-order valence-corrected chi connectivity index (χ3v) is 3.17. The maximum Gasteiger partial charge on any atom is 0.105 e. The quantitative estimate of drug-likeness (QED) is 0.576. The molecule has 4 nitrogen and oxygen atoms in total. The minimum absolute atomic E-state index is 0.230. The van der Waals surface area contributed by atoms with Gasteiger partial charge >= 0.3 is 0 Å². The van der Waals surface area contributed by atoms with E-state index in [1.807, 2.05) is 12.1 Å². The van der Waals surface area contributed by atoms with Gasteiger partial charge in [0.05, 0.1) is 12.4 Å². The number of hydrogen-bond donors (Lipinski definition) is 2. The number of hydrazine groups is 1. The van der Waals surface area contributed by atoms with E-state index in [0.29, 0.717) is 5.92 Å². The predicted molar refractivity (Wildman–Crippen MR) is 57.0 cm³/mol. The highest BCUT2D eigenvalue weighted by Crippen LogP contribution is 2.25. The number of nitrogens with one attached hydrogen (secondary N) is 1. The summed E-state index contributed by atoms with van der Waals surface area (Å²) in [5.74, 6) is 7.03. The number of rotatable bonds is 4. The van der Waals surface area contributed by atoms with Gasteiger partial charge in [0, 0.05) is 25.0 Å². The first-order chi connectivity index (χ1) is 7.31. The Morgan fingerprint density at radius 3 is 3.07 bits per heavy atom. The van der Waals surface area contributed by atoms with Crippen molar-refractivity contribution in [3.63, 3.8) is 0 Å². The Morgan fingerprint density at radius 2 is 2.53 bits per heavy atom. The van der Waals surface area contributed by atoms with E-state index in [9.17, 15) is 0 Å². The van der Waals surface area contributed by atoms with Crippen molar-refractivity contribution in [2.75, 3.05) is 6.61 Å². The van der Waals surface area contributed by atoms with E-state index in [1.165, 1.54) is 0 Å². The first-order valence-corrected chi connectivity index (χ1v) is 5.41. The summed E-state index contributed by atoms with van der Waals surface area (Å²) in [6.45, 7) is 2.94. The second-order valence-corrected chi connectivity index (χ2v) is 4.09. The molecule has 2 rings (SSSR count). The first-order valence-electron chi connectivity index (χ1n) is 5.41. The van der Waals surface area contributed by atoms with Gasteiger partial charge in [-0.15, -0.1) is 0 Å². The van der Waals surface area contributed by atoms with Gasteiger partial charge in [0.2, 0.25) is 0 Å². The lowest BCUT2D eigenvalue weighted by Crippen LogP contribution is -2.44. The number of hydrogen-bond acceptors (Lipinski definition) is 4. The largest absolute Gasteiger partial charge is 0.469 e. The number of ether oxygens (including phenoxy) is 1. The van der Waals surface area contributed by atoms with E-state index in [2.05, 4.69) is 12.3 Å². The van der Waals surface area contributed by atoms with Gasteiger partial charge in [0.1, 0.15) is 5.76 Å². The molecule has 1 aromatic rings. The third-order valence-electron chi connectivity index (χ3n) is 3.17. The van der Waals surface area contributed by atoms with Crippen LogP contribution in [0.2, 0.25) is 0 Å². The van der Waals surface area contributed by atoms with Crippen LogP contribution in [0.4, 0.5) is 0 Å². The summed E-state index contributed by atoms with van der Waals surface area (Å²) in [6.07, 6.45) is 3.86. The van der Waals surface area contributed by atoms with Gasteiger partial charge in [0.25, 0.3) is 0 Å². The average molecular weight is 210 g/mol. The summed E-state index contributed by atoms with van der Waals surface area (Å²) >= 11 is 0. The summed E-state index contributed by atoms with van der Waals surface area (Å²) in [6, 6.07) is 4.11. The molecule has 1 aliphatic rings. The van der Waals surface area contributed by atoms with Crippen LogP contribution in [0.1, 0.15) is 19.1 Å². The van der Waals surface area contributed by atoms with Crippen LogP contribution in [-0.2, 0) is 11.2 Å². The van der Waals surface area contributed by atoms with Gasteiger partial charge in [-0.3, -0.25) is 11.3 Å². The molecule has 0 bridgehead atoms. The highest BCUT2D eigenvalue weighted by atomic mass is 16.5. The Kier molecular flexibility index (Phi) is 3.41. The van der Waals surface area contributed by atoms with Gasteiger partial charge in [-0.1, -0.05) is 0 Å². The SMILES string of the molecule is CC1OCCC1C(Cc1ccco1)NN. The smallest absolute Gasteiger partial charge is 0.105 e. The zero-order valence-corrected chi connectivity index (χ0v) is 8.98. The fourth-order valence-electron chi connectivity index (χ4n) is 2.26. The van der Waals surface area contributed by atoms with E-state index >= 15 is 0 Å². The van der Waals surface area contributed by atoms with Crippen LogP contribution in [0.5, 0.6) is 0 Å². The monoisotopic (exact) mass is 210 g/mol. The Bertz CT molecular complexity index is 287. The molecule has 1 saturated heterocycles. The molecule has 3 atom stereocenters. The number of nitrogens with two attached hydrogens (primary N) is 1. The molecule has 0 aromatic carbocycles. The van der Waals surface area contributed by atoms with Crippen LogP contribution in [0.3, 0.4) is 0 Å². The molecule has 0 amide bonds. The van der Waals surface area contributed by atoms with E-state index in [0.717, 1.165) is 25.2 Å². The number of furan rings is 1. The van der Waals surface area contributed by atoms with Crippen LogP contribution >= 0.6 is 0 Å². The minimum atomic E-state index is 0.230. The van der Waals surface area contributed by atoms with Crippen molar-refractivity contribution < 1.29 is 9.15 Å². The predicted octanol–water partition coefficient (Wildman–Crippen LogP) is 1.08. The second kappa shape index (κ2) is 4.79. The molecule has 4 heteroatoms. The Labute approximate surface area is 89.7 Å². The molecule has 84 valence electrons. The maximum absolute atomic E-state index is 5.58. The van der Waals surface area contributed by atoms with Crippen molar-refractivity contribution in [1.82, 2.24) is 5.43 Å². The summed E-state index contributed by atoms with van der Waals surface area (Å²) in [5.41, 5.74) is 2.87. The van der Waals surface area contributed by atoms with Crippen molar-refractivity contribution in [1.29, 1.82) is 0 Å². The van der Waals surface area contributed by atoms with Crippen molar-refractivity contribution in [3.05, 3.63) is 24.2 Å². The van der Waals surface area contributed by atoms with Crippen LogP contribution in [0.25, 0.3) is 0 Å². The summed E-state index contributed by atoms with van der Waals surface area (Å²) < 4.78 is 10.9. The average Bonchev–Trinajstić information content (AvgIpc) is 2.85. The Balaban J connectivity index is 1.97. The fraction of sp³-hybridized carbons (Fsp3) is 0.636. The second-order valence-electron chi connectivity index (χ2n) is 4.09. The molecule has 2 heterocycles. The summed E-state index contributed by atoms with van der Waals surface area (Å²) in [7, 11) is 0. The van der Waals surface area contributed by atoms with E-state index < -0.39 is 0 Å². The maximum atomic E-state index is 5.58. The van der Waals surface area contributed by atoms with Gasteiger partial charge in [-0.2, -0.15) is 0 Å². The standard InChI is InChI=1S/C11H18N2O2/c1-8-10(4-6-14-8)11(13-12)7-9-3-2-5-15-9/h2-3,5,8,10-11,13H,4,6-7,12H2,1H3. The zero-order valence-electron chi connectivity index (χ0n) is 8.98. The third kappa shape index (κ3) is 2.40. The van der Waals surface area contributed by atoms with Gasteiger partial charge in [-0.05, 0) is 25.5 Å². The highest BCUT2D eigenvalue weighted by Gasteiger charge is 2.31. The molecular formula is C11H18N2O2. The molecule has 0 saturated carbocycles. The van der Waals surface area contributed by atoms with Crippen molar-refractivity contribution in [2.45, 2.75) is 31.9 Å². The molecular weight excluding hydrogens is 192 g/mol. The zero-order chi connectivity index (χ0) is 10.7. The molecule has 1 aromatic heterocycles. The van der Waals surface area contributed by atoms with Crippen LogP contribution in [0.15, 0.2) is 22.8 Å². The van der Waals surface area contributed by atoms with Crippen LogP contribution in [0, 0.1) is 5.92 Å². The van der Waals surface area contributed by atoms with Crippen LogP contribution < -0.4 is 11.3 Å².